The van der Waals surface area contributed by atoms with Crippen LogP contribution >= 0.6 is 0 Å². The van der Waals surface area contributed by atoms with E-state index in [1.807, 2.05) is 29.9 Å². The van der Waals surface area contributed by atoms with Crippen LogP contribution in [0.5, 0.6) is 0 Å². The number of nitrogens with one attached hydrogen (secondary N) is 1. The van der Waals surface area contributed by atoms with Crippen molar-refractivity contribution in [3.63, 3.8) is 0 Å². The van der Waals surface area contributed by atoms with Crippen LogP contribution in [0.4, 0.5) is 0 Å². The van der Waals surface area contributed by atoms with E-state index in [0.717, 1.165) is 31.2 Å². The summed E-state index contributed by atoms with van der Waals surface area (Å²) in [5.74, 6) is 0.811. The molecule has 2 heterocycles. The molecule has 0 saturated carbocycles. The van der Waals surface area contributed by atoms with Crippen molar-refractivity contribution < 1.29 is 0 Å². The van der Waals surface area contributed by atoms with Crippen LogP contribution in [0.25, 0.3) is 0 Å². The standard InChI is InChI=1S/C11H15N5/c1-10-13-5-3-11(15-10)9-12-6-8-16-7-2-4-14-16/h2-5,7,12H,6,8-9H2,1H3. The fourth-order valence-electron chi connectivity index (χ4n) is 1.45. The summed E-state index contributed by atoms with van der Waals surface area (Å²) in [6, 6.07) is 3.85. The van der Waals surface area contributed by atoms with Gasteiger partial charge in [-0.2, -0.15) is 5.10 Å². The van der Waals surface area contributed by atoms with Crippen LogP contribution in [0.2, 0.25) is 0 Å². The van der Waals surface area contributed by atoms with Crippen molar-refractivity contribution in [3.8, 4) is 0 Å². The van der Waals surface area contributed by atoms with Crippen molar-refractivity contribution in [2.75, 3.05) is 6.54 Å². The number of hydrogen-bond acceptors (Lipinski definition) is 4. The molecular formula is C11H15N5. The number of nitrogens with zero attached hydrogens (tertiary/aromatic N) is 4. The van der Waals surface area contributed by atoms with Gasteiger partial charge in [-0.25, -0.2) is 9.97 Å². The van der Waals surface area contributed by atoms with Crippen LogP contribution in [-0.4, -0.2) is 26.3 Å². The maximum absolute atomic E-state index is 4.31. The Morgan fingerprint density at radius 2 is 2.31 bits per heavy atom. The molecule has 2 rings (SSSR count). The zero-order valence-electron chi connectivity index (χ0n) is 9.30. The van der Waals surface area contributed by atoms with Crippen molar-refractivity contribution in [3.05, 3.63) is 42.2 Å². The lowest BCUT2D eigenvalue weighted by atomic mass is 10.4. The SMILES string of the molecule is Cc1nccc(CNCCn2cccn2)n1. The summed E-state index contributed by atoms with van der Waals surface area (Å²) in [6.45, 7) is 4.42. The number of hydrogen-bond donors (Lipinski definition) is 1. The first-order chi connectivity index (χ1) is 7.84. The molecule has 5 nitrogen and oxygen atoms in total. The summed E-state index contributed by atoms with van der Waals surface area (Å²) in [6.07, 6.45) is 5.52. The average molecular weight is 217 g/mol. The van der Waals surface area contributed by atoms with Gasteiger partial charge in [0.25, 0.3) is 0 Å². The second kappa shape index (κ2) is 5.37. The molecule has 5 heteroatoms. The van der Waals surface area contributed by atoms with E-state index < -0.39 is 0 Å². The topological polar surface area (TPSA) is 55.6 Å². The maximum Gasteiger partial charge on any atom is 0.125 e. The zero-order chi connectivity index (χ0) is 11.2. The van der Waals surface area contributed by atoms with Gasteiger partial charge in [-0.3, -0.25) is 4.68 Å². The molecule has 0 amide bonds. The van der Waals surface area contributed by atoms with E-state index in [-0.39, 0.29) is 0 Å². The lowest BCUT2D eigenvalue weighted by Gasteiger charge is -2.04. The van der Waals surface area contributed by atoms with E-state index >= 15 is 0 Å². The number of aromatic nitrogens is 4. The molecule has 0 fully saturated rings. The molecule has 2 aromatic heterocycles. The third kappa shape index (κ3) is 3.13. The summed E-state index contributed by atoms with van der Waals surface area (Å²) in [4.78, 5) is 8.37. The highest BCUT2D eigenvalue weighted by Crippen LogP contribution is 1.93. The zero-order valence-corrected chi connectivity index (χ0v) is 9.30. The summed E-state index contributed by atoms with van der Waals surface area (Å²) in [5.41, 5.74) is 1.02. The first kappa shape index (κ1) is 10.8. The molecule has 0 aliphatic carbocycles. The number of aryl methyl sites for hydroxylation is 1. The van der Waals surface area contributed by atoms with Gasteiger partial charge in [-0.05, 0) is 19.1 Å². The van der Waals surface area contributed by atoms with E-state index in [0.29, 0.717) is 0 Å². The van der Waals surface area contributed by atoms with Crippen LogP contribution in [0, 0.1) is 6.92 Å². The minimum atomic E-state index is 0.768. The van der Waals surface area contributed by atoms with Gasteiger partial charge in [-0.1, -0.05) is 0 Å². The molecule has 2 aromatic rings. The smallest absolute Gasteiger partial charge is 0.125 e. The van der Waals surface area contributed by atoms with E-state index in [2.05, 4.69) is 20.4 Å². The van der Waals surface area contributed by atoms with Crippen LogP contribution in [-0.2, 0) is 13.1 Å². The molecule has 0 aromatic carbocycles. The van der Waals surface area contributed by atoms with Crippen LogP contribution in [0.1, 0.15) is 11.5 Å². The lowest BCUT2D eigenvalue weighted by Crippen LogP contribution is -2.20. The van der Waals surface area contributed by atoms with Crippen LogP contribution < -0.4 is 5.32 Å². The quantitative estimate of drug-likeness (QED) is 0.752. The van der Waals surface area contributed by atoms with E-state index in [4.69, 9.17) is 0 Å². The summed E-state index contributed by atoms with van der Waals surface area (Å²) < 4.78 is 1.90. The average Bonchev–Trinajstić information content (AvgIpc) is 2.77. The van der Waals surface area contributed by atoms with E-state index in [1.165, 1.54) is 0 Å². The molecule has 0 aliphatic heterocycles. The van der Waals surface area contributed by atoms with E-state index in [1.54, 1.807) is 12.4 Å². The van der Waals surface area contributed by atoms with E-state index in [9.17, 15) is 0 Å². The largest absolute Gasteiger partial charge is 0.309 e. The highest BCUT2D eigenvalue weighted by atomic mass is 15.3. The van der Waals surface area contributed by atoms with Crippen molar-refractivity contribution >= 4 is 0 Å². The Labute approximate surface area is 94.5 Å². The molecular weight excluding hydrogens is 202 g/mol. The van der Waals surface area contributed by atoms with Crippen molar-refractivity contribution in [1.82, 2.24) is 25.1 Å². The molecule has 0 aliphatic rings. The van der Waals surface area contributed by atoms with Crippen LogP contribution in [0.3, 0.4) is 0 Å². The Morgan fingerprint density at radius 3 is 3.06 bits per heavy atom. The monoisotopic (exact) mass is 217 g/mol. The molecule has 0 atom stereocenters. The molecule has 84 valence electrons. The minimum absolute atomic E-state index is 0.768. The first-order valence-corrected chi connectivity index (χ1v) is 5.31. The van der Waals surface area contributed by atoms with Gasteiger partial charge in [-0.15, -0.1) is 0 Å². The summed E-state index contributed by atoms with van der Waals surface area (Å²) >= 11 is 0. The Balaban J connectivity index is 1.72. The minimum Gasteiger partial charge on any atom is -0.309 e. The Kier molecular flexibility index (Phi) is 3.61. The second-order valence-corrected chi connectivity index (χ2v) is 3.54. The molecule has 0 saturated heterocycles. The van der Waals surface area contributed by atoms with Crippen molar-refractivity contribution in [1.29, 1.82) is 0 Å². The number of rotatable bonds is 5. The molecule has 1 N–H and O–H groups in total. The van der Waals surface area contributed by atoms with Gasteiger partial charge in [0.15, 0.2) is 0 Å². The Bertz CT molecular complexity index is 424. The molecule has 0 spiro atoms. The predicted molar refractivity (Wildman–Crippen MR) is 60.7 cm³/mol. The van der Waals surface area contributed by atoms with Gasteiger partial charge in [0.05, 0.1) is 12.2 Å². The Hall–Kier alpha value is -1.75. The third-order valence-corrected chi connectivity index (χ3v) is 2.22. The van der Waals surface area contributed by atoms with Crippen molar-refractivity contribution in [2.45, 2.75) is 20.0 Å². The predicted octanol–water partition coefficient (Wildman–Crippen LogP) is 0.771. The van der Waals surface area contributed by atoms with Gasteiger partial charge in [0, 0.05) is 31.7 Å². The summed E-state index contributed by atoms with van der Waals surface area (Å²) in [5, 5.41) is 7.44. The van der Waals surface area contributed by atoms with Gasteiger partial charge >= 0.3 is 0 Å². The van der Waals surface area contributed by atoms with Gasteiger partial charge < -0.3 is 5.32 Å². The van der Waals surface area contributed by atoms with Gasteiger partial charge in [0.2, 0.25) is 0 Å². The molecule has 0 unspecified atom stereocenters. The summed E-state index contributed by atoms with van der Waals surface area (Å²) in [7, 11) is 0. The normalized spacial score (nSPS) is 10.6. The van der Waals surface area contributed by atoms with Gasteiger partial charge in [0.1, 0.15) is 5.82 Å². The fourth-order valence-corrected chi connectivity index (χ4v) is 1.45. The lowest BCUT2D eigenvalue weighted by molar-refractivity contribution is 0.551. The fraction of sp³-hybridized carbons (Fsp3) is 0.364. The molecule has 0 radical (unpaired) electrons. The third-order valence-electron chi connectivity index (χ3n) is 2.22. The van der Waals surface area contributed by atoms with Crippen molar-refractivity contribution in [2.24, 2.45) is 0 Å². The first-order valence-electron chi connectivity index (χ1n) is 5.31. The molecule has 0 bridgehead atoms. The highest BCUT2D eigenvalue weighted by Gasteiger charge is 1.95. The maximum atomic E-state index is 4.31. The Morgan fingerprint density at radius 1 is 1.38 bits per heavy atom. The highest BCUT2D eigenvalue weighted by molar-refractivity contribution is 5.00. The second-order valence-electron chi connectivity index (χ2n) is 3.54. The molecule has 16 heavy (non-hydrogen) atoms. The van der Waals surface area contributed by atoms with Crippen LogP contribution in [0.15, 0.2) is 30.7 Å².